The molecule has 1 aliphatic heterocycles. The summed E-state index contributed by atoms with van der Waals surface area (Å²) in [5, 5.41) is 0. The van der Waals surface area contributed by atoms with E-state index in [1.165, 1.54) is 0 Å². The first-order valence-electron chi connectivity index (χ1n) is 9.66. The highest BCUT2D eigenvalue weighted by Crippen LogP contribution is 2.53. The standard InChI is InChI=1S/C20H31O5P/c1-14(2)18-10-9-15(3)11-19(18)25-26(21,22)17-12-23-20(24-13-17)16-7-5-4-6-8-16/h4-8,14-15,17-20H,9-13H2,1-3H3,(H,21,22)/t15-,17?,18+,19?,20?/m1/s1. The van der Waals surface area contributed by atoms with Gasteiger partial charge in [-0.05, 0) is 30.6 Å². The van der Waals surface area contributed by atoms with Crippen molar-refractivity contribution >= 4 is 7.60 Å². The maximum atomic E-state index is 12.9. The summed E-state index contributed by atoms with van der Waals surface area (Å²) in [6.07, 6.45) is 2.41. The van der Waals surface area contributed by atoms with Crippen LogP contribution in [0.15, 0.2) is 30.3 Å². The monoisotopic (exact) mass is 382 g/mol. The molecule has 6 heteroatoms. The van der Waals surface area contributed by atoms with Crippen LogP contribution in [0.5, 0.6) is 0 Å². The second-order valence-corrected chi connectivity index (χ2v) is 10.2. The summed E-state index contributed by atoms with van der Waals surface area (Å²) in [6, 6.07) is 9.63. The van der Waals surface area contributed by atoms with Gasteiger partial charge in [0, 0.05) is 5.56 Å². The SMILES string of the molecule is CC(C)[C@@H]1CC[C@@H](C)CC1OP(=O)(O)C1COC(c2ccccc2)OC1. The van der Waals surface area contributed by atoms with E-state index in [4.69, 9.17) is 14.0 Å². The molecule has 2 fully saturated rings. The molecule has 2 unspecified atom stereocenters. The van der Waals surface area contributed by atoms with Crippen molar-refractivity contribution in [2.24, 2.45) is 17.8 Å². The average Bonchev–Trinajstić information content (AvgIpc) is 2.62. The van der Waals surface area contributed by atoms with Crippen molar-refractivity contribution in [1.82, 2.24) is 0 Å². The van der Waals surface area contributed by atoms with Crippen LogP contribution >= 0.6 is 7.60 Å². The molecule has 26 heavy (non-hydrogen) atoms. The molecule has 0 aromatic heterocycles. The first kappa shape index (κ1) is 20.0. The minimum absolute atomic E-state index is 0.165. The van der Waals surface area contributed by atoms with Crippen LogP contribution in [0.2, 0.25) is 0 Å². The predicted octanol–water partition coefficient (Wildman–Crippen LogP) is 4.76. The van der Waals surface area contributed by atoms with Crippen LogP contribution in [0.25, 0.3) is 0 Å². The number of rotatable bonds is 5. The molecule has 1 N–H and O–H groups in total. The Hall–Kier alpha value is -0.710. The minimum atomic E-state index is -3.81. The Kier molecular flexibility index (Phi) is 6.58. The van der Waals surface area contributed by atoms with Crippen molar-refractivity contribution in [3.63, 3.8) is 0 Å². The Bertz CT molecular complexity index is 612. The molecular formula is C20H31O5P. The highest BCUT2D eigenvalue weighted by atomic mass is 31.2. The summed E-state index contributed by atoms with van der Waals surface area (Å²) >= 11 is 0. The van der Waals surface area contributed by atoms with Crippen LogP contribution in [0, 0.1) is 17.8 Å². The zero-order valence-corrected chi connectivity index (χ0v) is 16.8. The van der Waals surface area contributed by atoms with Gasteiger partial charge in [0.1, 0.15) is 5.66 Å². The summed E-state index contributed by atoms with van der Waals surface area (Å²) in [5.74, 6) is 1.29. The van der Waals surface area contributed by atoms with E-state index in [0.717, 1.165) is 24.8 Å². The molecule has 0 radical (unpaired) electrons. The van der Waals surface area contributed by atoms with E-state index in [9.17, 15) is 9.46 Å². The number of hydrogen-bond acceptors (Lipinski definition) is 4. The van der Waals surface area contributed by atoms with Crippen molar-refractivity contribution in [2.45, 2.75) is 58.1 Å². The molecular weight excluding hydrogens is 351 g/mol. The van der Waals surface area contributed by atoms with Crippen LogP contribution < -0.4 is 0 Å². The van der Waals surface area contributed by atoms with Crippen LogP contribution in [-0.4, -0.2) is 29.9 Å². The second-order valence-electron chi connectivity index (χ2n) is 8.10. The molecule has 1 aromatic carbocycles. The third kappa shape index (κ3) is 4.76. The Morgan fingerprint density at radius 1 is 1.15 bits per heavy atom. The Balaban J connectivity index is 1.60. The number of ether oxygens (including phenoxy) is 2. The maximum absolute atomic E-state index is 12.9. The third-order valence-electron chi connectivity index (χ3n) is 5.66. The molecule has 5 nitrogen and oxygen atoms in total. The molecule has 1 heterocycles. The van der Waals surface area contributed by atoms with Crippen LogP contribution in [0.1, 0.15) is 51.9 Å². The van der Waals surface area contributed by atoms with Gasteiger partial charge in [-0.15, -0.1) is 0 Å². The molecule has 1 saturated heterocycles. The van der Waals surface area contributed by atoms with E-state index >= 15 is 0 Å². The smallest absolute Gasteiger partial charge is 0.336 e. The van der Waals surface area contributed by atoms with E-state index < -0.39 is 19.5 Å². The van der Waals surface area contributed by atoms with Gasteiger partial charge in [0.2, 0.25) is 0 Å². The Labute approximate surface area is 156 Å². The zero-order chi connectivity index (χ0) is 18.7. The van der Waals surface area contributed by atoms with E-state index in [0.29, 0.717) is 17.8 Å². The van der Waals surface area contributed by atoms with Gasteiger partial charge in [-0.2, -0.15) is 0 Å². The fourth-order valence-electron chi connectivity index (χ4n) is 4.00. The summed E-state index contributed by atoms with van der Waals surface area (Å²) in [7, 11) is -3.81. The molecule has 0 spiro atoms. The van der Waals surface area contributed by atoms with Gasteiger partial charge in [0.15, 0.2) is 6.29 Å². The van der Waals surface area contributed by atoms with Gasteiger partial charge in [0.25, 0.3) is 0 Å². The van der Waals surface area contributed by atoms with Crippen molar-refractivity contribution in [3.05, 3.63) is 35.9 Å². The molecule has 146 valence electrons. The van der Waals surface area contributed by atoms with E-state index in [-0.39, 0.29) is 19.3 Å². The van der Waals surface area contributed by atoms with Gasteiger partial charge in [-0.3, -0.25) is 4.57 Å². The lowest BCUT2D eigenvalue weighted by Crippen LogP contribution is -2.37. The summed E-state index contributed by atoms with van der Waals surface area (Å²) in [6.45, 7) is 6.85. The highest BCUT2D eigenvalue weighted by Gasteiger charge is 2.42. The van der Waals surface area contributed by atoms with Gasteiger partial charge in [-0.25, -0.2) is 0 Å². The molecule has 0 bridgehead atoms. The number of benzene rings is 1. The molecule has 3 rings (SSSR count). The summed E-state index contributed by atoms with van der Waals surface area (Å²) < 4.78 is 30.2. The van der Waals surface area contributed by atoms with Gasteiger partial charge < -0.3 is 18.9 Å². The lowest BCUT2D eigenvalue weighted by atomic mass is 9.75. The first-order chi connectivity index (χ1) is 12.4. The average molecular weight is 382 g/mol. The molecule has 1 aromatic rings. The van der Waals surface area contributed by atoms with Gasteiger partial charge in [0.05, 0.1) is 19.3 Å². The lowest BCUT2D eigenvalue weighted by molar-refractivity contribution is -0.183. The number of hydrogen-bond donors (Lipinski definition) is 1. The van der Waals surface area contributed by atoms with E-state index in [1.807, 2.05) is 30.3 Å². The minimum Gasteiger partial charge on any atom is -0.347 e. The van der Waals surface area contributed by atoms with Gasteiger partial charge >= 0.3 is 7.60 Å². The zero-order valence-electron chi connectivity index (χ0n) is 15.9. The molecule has 0 amide bonds. The largest absolute Gasteiger partial charge is 0.347 e. The van der Waals surface area contributed by atoms with Crippen LogP contribution in [-0.2, 0) is 18.6 Å². The highest BCUT2D eigenvalue weighted by molar-refractivity contribution is 7.53. The van der Waals surface area contributed by atoms with E-state index in [2.05, 4.69) is 20.8 Å². The van der Waals surface area contributed by atoms with Crippen molar-refractivity contribution in [1.29, 1.82) is 0 Å². The fourth-order valence-corrected chi connectivity index (χ4v) is 5.35. The quantitative estimate of drug-likeness (QED) is 0.744. The second kappa shape index (κ2) is 8.53. The molecule has 1 saturated carbocycles. The predicted molar refractivity (Wildman–Crippen MR) is 101 cm³/mol. The third-order valence-corrected chi connectivity index (χ3v) is 7.45. The summed E-state index contributed by atoms with van der Waals surface area (Å²) in [4.78, 5) is 10.6. The van der Waals surface area contributed by atoms with Crippen LogP contribution in [0.3, 0.4) is 0 Å². The first-order valence-corrected chi connectivity index (χ1v) is 11.3. The summed E-state index contributed by atoms with van der Waals surface area (Å²) in [5.41, 5.74) is 0.285. The molecule has 4 atom stereocenters. The van der Waals surface area contributed by atoms with Crippen molar-refractivity contribution < 1.29 is 23.5 Å². The lowest BCUT2D eigenvalue weighted by Gasteiger charge is -2.39. The van der Waals surface area contributed by atoms with Gasteiger partial charge in [-0.1, -0.05) is 57.5 Å². The normalized spacial score (nSPS) is 35.2. The maximum Gasteiger partial charge on any atom is 0.336 e. The fraction of sp³-hybridized carbons (Fsp3) is 0.700. The molecule has 1 aliphatic carbocycles. The molecule has 2 aliphatic rings. The van der Waals surface area contributed by atoms with E-state index in [1.54, 1.807) is 0 Å². The Morgan fingerprint density at radius 2 is 1.81 bits per heavy atom. The van der Waals surface area contributed by atoms with Crippen molar-refractivity contribution in [3.8, 4) is 0 Å². The Morgan fingerprint density at radius 3 is 2.42 bits per heavy atom. The topological polar surface area (TPSA) is 65.0 Å². The van der Waals surface area contributed by atoms with Crippen LogP contribution in [0.4, 0.5) is 0 Å². The van der Waals surface area contributed by atoms with Crippen molar-refractivity contribution in [2.75, 3.05) is 13.2 Å².